The summed E-state index contributed by atoms with van der Waals surface area (Å²) < 4.78 is 36.3. The monoisotopic (exact) mass is 301 g/mol. The predicted octanol–water partition coefficient (Wildman–Crippen LogP) is 1.11. The SMILES string of the molecule is COc1ccc(NC(=O)C(C)C(C)=O)cc1S(=O)(=O)O. The summed E-state index contributed by atoms with van der Waals surface area (Å²) in [5.41, 5.74) is 0.136. The van der Waals surface area contributed by atoms with E-state index in [4.69, 9.17) is 9.29 Å². The zero-order chi connectivity index (χ0) is 15.5. The molecular weight excluding hydrogens is 286 g/mol. The highest BCUT2D eigenvalue weighted by molar-refractivity contribution is 7.86. The molecule has 0 spiro atoms. The molecule has 8 heteroatoms. The van der Waals surface area contributed by atoms with Gasteiger partial charge in [0, 0.05) is 5.69 Å². The van der Waals surface area contributed by atoms with E-state index in [1.54, 1.807) is 0 Å². The van der Waals surface area contributed by atoms with E-state index in [9.17, 15) is 18.0 Å². The van der Waals surface area contributed by atoms with Crippen LogP contribution < -0.4 is 10.1 Å². The van der Waals surface area contributed by atoms with Crippen LogP contribution >= 0.6 is 0 Å². The van der Waals surface area contributed by atoms with Gasteiger partial charge in [-0.3, -0.25) is 14.1 Å². The number of rotatable bonds is 5. The van der Waals surface area contributed by atoms with Gasteiger partial charge in [-0.1, -0.05) is 0 Å². The molecule has 0 saturated carbocycles. The average molecular weight is 301 g/mol. The molecule has 1 amide bonds. The van der Waals surface area contributed by atoms with E-state index in [1.807, 2.05) is 0 Å². The quantitative estimate of drug-likeness (QED) is 0.622. The molecule has 0 bridgehead atoms. The molecule has 0 aliphatic heterocycles. The fourth-order valence-electron chi connectivity index (χ4n) is 1.39. The van der Waals surface area contributed by atoms with Gasteiger partial charge in [-0.2, -0.15) is 8.42 Å². The normalized spacial score (nSPS) is 12.6. The molecule has 1 rings (SSSR count). The number of nitrogens with one attached hydrogen (secondary N) is 1. The third kappa shape index (κ3) is 3.78. The second-order valence-corrected chi connectivity index (χ2v) is 5.55. The Kier molecular flexibility index (Phi) is 4.85. The van der Waals surface area contributed by atoms with Crippen molar-refractivity contribution < 1.29 is 27.3 Å². The van der Waals surface area contributed by atoms with Gasteiger partial charge in [-0.25, -0.2) is 0 Å². The van der Waals surface area contributed by atoms with Crippen LogP contribution in [0.15, 0.2) is 23.1 Å². The lowest BCUT2D eigenvalue weighted by Gasteiger charge is -2.11. The van der Waals surface area contributed by atoms with Crippen LogP contribution in [0.1, 0.15) is 13.8 Å². The Hall–Kier alpha value is -1.93. The Bertz CT molecular complexity index is 637. The second kappa shape index (κ2) is 6.02. The number of anilines is 1. The van der Waals surface area contributed by atoms with E-state index < -0.39 is 26.8 Å². The van der Waals surface area contributed by atoms with Crippen molar-refractivity contribution in [3.8, 4) is 5.75 Å². The summed E-state index contributed by atoms with van der Waals surface area (Å²) in [6, 6.07) is 3.74. The minimum atomic E-state index is -4.48. The summed E-state index contributed by atoms with van der Waals surface area (Å²) >= 11 is 0. The van der Waals surface area contributed by atoms with Gasteiger partial charge in [-0.15, -0.1) is 0 Å². The lowest BCUT2D eigenvalue weighted by Crippen LogP contribution is -2.25. The number of carbonyl (C=O) groups is 2. The minimum absolute atomic E-state index is 0.0508. The molecule has 1 aromatic rings. The Morgan fingerprint density at radius 1 is 1.35 bits per heavy atom. The molecule has 1 atom stereocenters. The highest BCUT2D eigenvalue weighted by Crippen LogP contribution is 2.27. The van der Waals surface area contributed by atoms with Crippen molar-refractivity contribution in [2.24, 2.45) is 5.92 Å². The first-order chi connectivity index (χ1) is 9.16. The molecule has 0 fully saturated rings. The number of hydrogen-bond acceptors (Lipinski definition) is 5. The number of methoxy groups -OCH3 is 1. The second-order valence-electron chi connectivity index (χ2n) is 4.16. The van der Waals surface area contributed by atoms with Crippen molar-refractivity contribution in [3.05, 3.63) is 18.2 Å². The van der Waals surface area contributed by atoms with Crippen molar-refractivity contribution in [1.82, 2.24) is 0 Å². The van der Waals surface area contributed by atoms with Gasteiger partial charge in [0.15, 0.2) is 0 Å². The van der Waals surface area contributed by atoms with Crippen molar-refractivity contribution in [1.29, 1.82) is 0 Å². The summed E-state index contributed by atoms with van der Waals surface area (Å²) in [5.74, 6) is -1.79. The Labute approximate surface area is 116 Å². The van der Waals surface area contributed by atoms with Gasteiger partial charge in [-0.05, 0) is 32.0 Å². The molecule has 1 unspecified atom stereocenters. The smallest absolute Gasteiger partial charge is 0.298 e. The first-order valence-electron chi connectivity index (χ1n) is 5.63. The number of Topliss-reactive ketones (excluding diaryl/α,β-unsaturated/α-hetero) is 1. The van der Waals surface area contributed by atoms with E-state index in [2.05, 4.69) is 5.32 Å². The molecule has 2 N–H and O–H groups in total. The van der Waals surface area contributed by atoms with Gasteiger partial charge >= 0.3 is 0 Å². The van der Waals surface area contributed by atoms with Crippen molar-refractivity contribution >= 4 is 27.5 Å². The zero-order valence-corrected chi connectivity index (χ0v) is 12.0. The van der Waals surface area contributed by atoms with Gasteiger partial charge in [0.2, 0.25) is 5.91 Å². The average Bonchev–Trinajstić information content (AvgIpc) is 2.36. The molecule has 0 heterocycles. The summed E-state index contributed by atoms with van der Waals surface area (Å²) in [4.78, 5) is 22.3. The van der Waals surface area contributed by atoms with Crippen molar-refractivity contribution in [2.45, 2.75) is 18.7 Å². The molecule has 110 valence electrons. The van der Waals surface area contributed by atoms with E-state index in [0.717, 1.165) is 6.07 Å². The molecule has 0 aliphatic rings. The maximum absolute atomic E-state index is 11.7. The van der Waals surface area contributed by atoms with Gasteiger partial charge in [0.25, 0.3) is 10.1 Å². The first-order valence-corrected chi connectivity index (χ1v) is 7.07. The topological polar surface area (TPSA) is 110 Å². The van der Waals surface area contributed by atoms with Gasteiger partial charge < -0.3 is 10.1 Å². The van der Waals surface area contributed by atoms with Crippen LogP contribution in [0.3, 0.4) is 0 Å². The summed E-state index contributed by atoms with van der Waals surface area (Å²) in [6.07, 6.45) is 0. The highest BCUT2D eigenvalue weighted by atomic mass is 32.2. The molecule has 20 heavy (non-hydrogen) atoms. The Morgan fingerprint density at radius 2 is 1.95 bits per heavy atom. The van der Waals surface area contributed by atoms with Crippen LogP contribution in [0, 0.1) is 5.92 Å². The van der Waals surface area contributed by atoms with Gasteiger partial charge in [0.05, 0.1) is 13.0 Å². The van der Waals surface area contributed by atoms with Crippen molar-refractivity contribution in [3.63, 3.8) is 0 Å². The highest BCUT2D eigenvalue weighted by Gasteiger charge is 2.20. The van der Waals surface area contributed by atoms with Crippen LogP contribution in [0.2, 0.25) is 0 Å². The standard InChI is InChI=1S/C12H15NO6S/c1-7(8(2)14)12(15)13-9-4-5-10(19-3)11(6-9)20(16,17)18/h4-7H,1-3H3,(H,13,15)(H,16,17,18). The number of amides is 1. The Morgan fingerprint density at radius 3 is 2.40 bits per heavy atom. The lowest BCUT2D eigenvalue weighted by molar-refractivity contribution is -0.129. The van der Waals surface area contributed by atoms with E-state index in [0.29, 0.717) is 0 Å². The van der Waals surface area contributed by atoms with Crippen LogP contribution in [0.4, 0.5) is 5.69 Å². The van der Waals surface area contributed by atoms with E-state index >= 15 is 0 Å². The third-order valence-corrected chi connectivity index (χ3v) is 3.59. The third-order valence-electron chi connectivity index (χ3n) is 2.71. The number of hydrogen-bond donors (Lipinski definition) is 2. The summed E-state index contributed by atoms with van der Waals surface area (Å²) in [6.45, 7) is 2.72. The number of ketones is 1. The Balaban J connectivity index is 3.11. The molecule has 0 aromatic heterocycles. The fraction of sp³-hybridized carbons (Fsp3) is 0.333. The minimum Gasteiger partial charge on any atom is -0.495 e. The largest absolute Gasteiger partial charge is 0.495 e. The van der Waals surface area contributed by atoms with E-state index in [1.165, 1.54) is 33.1 Å². The molecule has 1 aromatic carbocycles. The molecular formula is C12H15NO6S. The van der Waals surface area contributed by atoms with Crippen LogP contribution in [-0.4, -0.2) is 31.8 Å². The maximum Gasteiger partial charge on any atom is 0.298 e. The van der Waals surface area contributed by atoms with Crippen LogP contribution in [-0.2, 0) is 19.7 Å². The summed E-state index contributed by atoms with van der Waals surface area (Å²) in [5, 5.41) is 2.40. The zero-order valence-electron chi connectivity index (χ0n) is 11.2. The van der Waals surface area contributed by atoms with Crippen molar-refractivity contribution in [2.75, 3.05) is 12.4 Å². The number of carbonyl (C=O) groups excluding carboxylic acids is 2. The molecule has 0 radical (unpaired) electrons. The molecule has 0 saturated heterocycles. The fourth-order valence-corrected chi connectivity index (χ4v) is 2.07. The molecule has 7 nitrogen and oxygen atoms in total. The maximum atomic E-state index is 11.7. The predicted molar refractivity (Wildman–Crippen MR) is 71.3 cm³/mol. The number of benzene rings is 1. The van der Waals surface area contributed by atoms with Crippen LogP contribution in [0.5, 0.6) is 5.75 Å². The summed E-state index contributed by atoms with van der Waals surface area (Å²) in [7, 11) is -3.23. The van der Waals surface area contributed by atoms with E-state index in [-0.39, 0.29) is 17.2 Å². The molecule has 0 aliphatic carbocycles. The number of ether oxygens (including phenoxy) is 1. The van der Waals surface area contributed by atoms with Crippen LogP contribution in [0.25, 0.3) is 0 Å². The van der Waals surface area contributed by atoms with Gasteiger partial charge in [0.1, 0.15) is 16.4 Å². The first kappa shape index (κ1) is 16.1. The lowest BCUT2D eigenvalue weighted by atomic mass is 10.1.